The van der Waals surface area contributed by atoms with Crippen molar-refractivity contribution in [1.82, 2.24) is 4.90 Å². The smallest absolute Gasteiger partial charge is 0.138 e. The van der Waals surface area contributed by atoms with E-state index in [0.717, 1.165) is 25.8 Å². The summed E-state index contributed by atoms with van der Waals surface area (Å²) in [5.41, 5.74) is 1.64. The lowest BCUT2D eigenvalue weighted by Gasteiger charge is -2.27. The Morgan fingerprint density at radius 1 is 1.23 bits per heavy atom. The van der Waals surface area contributed by atoms with Gasteiger partial charge in [-0.3, -0.25) is 4.90 Å². The van der Waals surface area contributed by atoms with Crippen molar-refractivity contribution >= 4 is 11.6 Å². The van der Waals surface area contributed by atoms with Crippen LogP contribution in [0.2, 0.25) is 5.02 Å². The number of likely N-dealkylation sites (tertiary alicyclic amines) is 1. The molecule has 4 nitrogen and oxygen atoms in total. The van der Waals surface area contributed by atoms with Crippen LogP contribution in [-0.2, 0) is 6.42 Å². The molecule has 1 heterocycles. The van der Waals surface area contributed by atoms with E-state index in [-0.39, 0.29) is 6.61 Å². The van der Waals surface area contributed by atoms with Gasteiger partial charge >= 0.3 is 0 Å². The number of halogens is 1. The summed E-state index contributed by atoms with van der Waals surface area (Å²) in [7, 11) is 0. The third-order valence-electron chi connectivity index (χ3n) is 4.78. The molecule has 0 amide bonds. The minimum Gasteiger partial charge on any atom is -0.489 e. The summed E-state index contributed by atoms with van der Waals surface area (Å²) in [5.74, 6) is 0.418. The van der Waals surface area contributed by atoms with E-state index in [1.807, 2.05) is 12.1 Å². The average Bonchev–Trinajstić information content (AvgIpc) is 3.07. The Kier molecular flexibility index (Phi) is 6.51. The lowest BCUT2D eigenvalue weighted by molar-refractivity contribution is 0.0639. The number of hydrogen-bond acceptors (Lipinski definition) is 4. The van der Waals surface area contributed by atoms with Gasteiger partial charge in [-0.05, 0) is 43.5 Å². The van der Waals surface area contributed by atoms with E-state index in [2.05, 4.69) is 29.2 Å². The first-order valence-corrected chi connectivity index (χ1v) is 9.32. The Morgan fingerprint density at radius 2 is 2.04 bits per heavy atom. The Balaban J connectivity index is 1.54. The van der Waals surface area contributed by atoms with Crippen LogP contribution in [0.1, 0.15) is 24.0 Å². The van der Waals surface area contributed by atoms with Crippen LogP contribution in [0.5, 0.6) is 5.75 Å². The molecule has 2 aromatic carbocycles. The van der Waals surface area contributed by atoms with E-state index in [1.165, 1.54) is 5.56 Å². The fourth-order valence-corrected chi connectivity index (χ4v) is 3.70. The number of ether oxygens (including phenoxy) is 1. The SMILES string of the molecule is N#Cc1c(Cl)cccc1OCC(O)CN1CCCC1Cc1ccccc1. The van der Waals surface area contributed by atoms with Crippen LogP contribution >= 0.6 is 11.6 Å². The Bertz CT molecular complexity index is 760. The van der Waals surface area contributed by atoms with Crippen LogP contribution in [0.15, 0.2) is 48.5 Å². The first-order chi connectivity index (χ1) is 12.7. The Labute approximate surface area is 159 Å². The molecule has 1 fully saturated rings. The van der Waals surface area contributed by atoms with Gasteiger partial charge in [-0.2, -0.15) is 5.26 Å². The number of rotatable bonds is 7. The van der Waals surface area contributed by atoms with Crippen molar-refractivity contribution in [2.45, 2.75) is 31.4 Å². The molecule has 3 rings (SSSR count). The van der Waals surface area contributed by atoms with Crippen molar-refractivity contribution in [2.24, 2.45) is 0 Å². The van der Waals surface area contributed by atoms with Crippen LogP contribution < -0.4 is 4.74 Å². The van der Waals surface area contributed by atoms with Crippen molar-refractivity contribution in [3.63, 3.8) is 0 Å². The number of benzene rings is 2. The second kappa shape index (κ2) is 9.05. The van der Waals surface area contributed by atoms with E-state index in [0.29, 0.717) is 28.9 Å². The van der Waals surface area contributed by atoms with Gasteiger partial charge in [-0.15, -0.1) is 0 Å². The monoisotopic (exact) mass is 370 g/mol. The molecule has 5 heteroatoms. The standard InChI is InChI=1S/C21H23ClN2O2/c22-20-9-4-10-21(19(20)13-23)26-15-18(25)14-24-11-5-8-17(24)12-16-6-2-1-3-7-16/h1-4,6-7,9-10,17-18,25H,5,8,11-12,14-15H2. The number of nitrogens with zero attached hydrogens (tertiary/aromatic N) is 2. The summed E-state index contributed by atoms with van der Waals surface area (Å²) < 4.78 is 5.65. The van der Waals surface area contributed by atoms with Gasteiger partial charge in [-0.1, -0.05) is 48.0 Å². The molecular weight excluding hydrogens is 348 g/mol. The van der Waals surface area contributed by atoms with E-state index in [4.69, 9.17) is 16.3 Å². The Hall–Kier alpha value is -2.06. The third-order valence-corrected chi connectivity index (χ3v) is 5.09. The van der Waals surface area contributed by atoms with Crippen molar-refractivity contribution in [2.75, 3.05) is 19.7 Å². The molecule has 1 N–H and O–H groups in total. The molecule has 0 bridgehead atoms. The lowest BCUT2D eigenvalue weighted by atomic mass is 10.0. The molecule has 0 aliphatic carbocycles. The van der Waals surface area contributed by atoms with Gasteiger partial charge in [0.2, 0.25) is 0 Å². The molecule has 0 radical (unpaired) electrons. The van der Waals surface area contributed by atoms with Crippen LogP contribution in [0.3, 0.4) is 0 Å². The number of β-amino-alcohol motifs (C(OH)–C–C–N with tert-alkyl or cyclic N) is 1. The van der Waals surface area contributed by atoms with Crippen molar-refractivity contribution in [3.05, 3.63) is 64.7 Å². The van der Waals surface area contributed by atoms with Gasteiger partial charge in [0, 0.05) is 12.6 Å². The van der Waals surface area contributed by atoms with E-state index >= 15 is 0 Å². The molecule has 26 heavy (non-hydrogen) atoms. The number of aliphatic hydroxyl groups excluding tert-OH is 1. The number of aliphatic hydroxyl groups is 1. The van der Waals surface area contributed by atoms with Gasteiger partial charge in [0.05, 0.1) is 5.02 Å². The summed E-state index contributed by atoms with van der Waals surface area (Å²) in [6.45, 7) is 1.71. The maximum Gasteiger partial charge on any atom is 0.138 e. The number of nitriles is 1. The Morgan fingerprint density at radius 3 is 2.81 bits per heavy atom. The zero-order valence-corrected chi connectivity index (χ0v) is 15.4. The van der Waals surface area contributed by atoms with Gasteiger partial charge in [0.1, 0.15) is 30.1 Å². The maximum absolute atomic E-state index is 10.4. The van der Waals surface area contributed by atoms with Crippen LogP contribution in [0.25, 0.3) is 0 Å². The zero-order valence-electron chi connectivity index (χ0n) is 14.6. The van der Waals surface area contributed by atoms with Gasteiger partial charge in [0.25, 0.3) is 0 Å². The molecule has 0 saturated carbocycles. The van der Waals surface area contributed by atoms with Gasteiger partial charge in [0.15, 0.2) is 0 Å². The highest BCUT2D eigenvalue weighted by molar-refractivity contribution is 6.31. The highest BCUT2D eigenvalue weighted by atomic mass is 35.5. The predicted octanol–water partition coefficient (Wildman–Crippen LogP) is 3.66. The van der Waals surface area contributed by atoms with Crippen molar-refractivity contribution < 1.29 is 9.84 Å². The summed E-state index contributed by atoms with van der Waals surface area (Å²) in [5, 5.41) is 20.0. The fraction of sp³-hybridized carbons (Fsp3) is 0.381. The average molecular weight is 371 g/mol. The molecule has 2 aromatic rings. The highest BCUT2D eigenvalue weighted by Gasteiger charge is 2.26. The third kappa shape index (κ3) is 4.76. The summed E-state index contributed by atoms with van der Waals surface area (Å²) >= 11 is 6.01. The molecular formula is C21H23ClN2O2. The summed E-state index contributed by atoms with van der Waals surface area (Å²) in [4.78, 5) is 2.34. The minimum absolute atomic E-state index is 0.142. The second-order valence-electron chi connectivity index (χ2n) is 6.67. The predicted molar refractivity (Wildman–Crippen MR) is 102 cm³/mol. The molecule has 2 unspecified atom stereocenters. The zero-order chi connectivity index (χ0) is 18.4. The first kappa shape index (κ1) is 18.7. The van der Waals surface area contributed by atoms with E-state index in [1.54, 1.807) is 18.2 Å². The quantitative estimate of drug-likeness (QED) is 0.808. The van der Waals surface area contributed by atoms with Crippen LogP contribution in [-0.4, -0.2) is 41.8 Å². The molecule has 0 aromatic heterocycles. The van der Waals surface area contributed by atoms with Gasteiger partial charge in [-0.25, -0.2) is 0 Å². The molecule has 1 saturated heterocycles. The molecule has 1 aliphatic rings. The highest BCUT2D eigenvalue weighted by Crippen LogP contribution is 2.26. The first-order valence-electron chi connectivity index (χ1n) is 8.95. The van der Waals surface area contributed by atoms with Crippen molar-refractivity contribution in [3.8, 4) is 11.8 Å². The molecule has 2 atom stereocenters. The summed E-state index contributed by atoms with van der Waals surface area (Å²) in [6, 6.07) is 18.1. The second-order valence-corrected chi connectivity index (χ2v) is 7.08. The largest absolute Gasteiger partial charge is 0.489 e. The van der Waals surface area contributed by atoms with Crippen LogP contribution in [0, 0.1) is 11.3 Å². The number of hydrogen-bond donors (Lipinski definition) is 1. The lowest BCUT2D eigenvalue weighted by Crippen LogP contribution is -2.39. The normalized spacial score (nSPS) is 18.4. The topological polar surface area (TPSA) is 56.5 Å². The van der Waals surface area contributed by atoms with Gasteiger partial charge < -0.3 is 9.84 Å². The summed E-state index contributed by atoms with van der Waals surface area (Å²) in [6.07, 6.45) is 2.69. The van der Waals surface area contributed by atoms with E-state index in [9.17, 15) is 10.4 Å². The minimum atomic E-state index is -0.614. The van der Waals surface area contributed by atoms with E-state index < -0.39 is 6.10 Å². The maximum atomic E-state index is 10.4. The molecule has 136 valence electrons. The molecule has 1 aliphatic heterocycles. The van der Waals surface area contributed by atoms with Crippen LogP contribution in [0.4, 0.5) is 0 Å². The molecule has 0 spiro atoms. The fourth-order valence-electron chi connectivity index (χ4n) is 3.50. The van der Waals surface area contributed by atoms with Crippen molar-refractivity contribution in [1.29, 1.82) is 5.26 Å².